The summed E-state index contributed by atoms with van der Waals surface area (Å²) in [4.78, 5) is 38.6. The zero-order valence-corrected chi connectivity index (χ0v) is 23.4. The SMILES string of the molecule is CCOc1cc(C(=O)N2CC[C@@H](N(C)CCO)C2)ccc1Nc1cc2c(cn1)N(C)C(=O)c1ccccc1N2C. The van der Waals surface area contributed by atoms with Gasteiger partial charge in [0.1, 0.15) is 11.6 Å². The van der Waals surface area contributed by atoms with E-state index in [0.29, 0.717) is 60.3 Å². The fraction of sp³-hybridized carbons (Fsp3) is 0.367. The first-order chi connectivity index (χ1) is 19.3. The number of nitrogens with one attached hydrogen (secondary N) is 1. The number of benzene rings is 2. The molecule has 2 N–H and O–H groups in total. The minimum absolute atomic E-state index is 0.0384. The summed E-state index contributed by atoms with van der Waals surface area (Å²) < 4.78 is 5.93. The number of ether oxygens (including phenoxy) is 1. The van der Waals surface area contributed by atoms with Gasteiger partial charge < -0.3 is 29.9 Å². The summed E-state index contributed by atoms with van der Waals surface area (Å²) in [6.07, 6.45) is 2.57. The van der Waals surface area contributed by atoms with E-state index in [4.69, 9.17) is 4.74 Å². The van der Waals surface area contributed by atoms with E-state index in [1.165, 1.54) is 0 Å². The summed E-state index contributed by atoms with van der Waals surface area (Å²) in [5.41, 5.74) is 4.23. The number of hydrogen-bond acceptors (Lipinski definition) is 8. The summed E-state index contributed by atoms with van der Waals surface area (Å²) in [7, 11) is 5.66. The lowest BCUT2D eigenvalue weighted by molar-refractivity contribution is 0.0777. The van der Waals surface area contributed by atoms with Gasteiger partial charge in [0.15, 0.2) is 0 Å². The molecule has 1 atom stereocenters. The van der Waals surface area contributed by atoms with Crippen LogP contribution in [0.1, 0.15) is 34.1 Å². The van der Waals surface area contributed by atoms with Gasteiger partial charge in [-0.2, -0.15) is 0 Å². The summed E-state index contributed by atoms with van der Waals surface area (Å²) in [6.45, 7) is 4.34. The molecule has 10 nitrogen and oxygen atoms in total. The molecule has 0 radical (unpaired) electrons. The Balaban J connectivity index is 1.39. The lowest BCUT2D eigenvalue weighted by Gasteiger charge is -2.24. The van der Waals surface area contributed by atoms with E-state index < -0.39 is 0 Å². The van der Waals surface area contributed by atoms with Gasteiger partial charge in [0.25, 0.3) is 11.8 Å². The molecule has 5 rings (SSSR count). The van der Waals surface area contributed by atoms with Crippen molar-refractivity contribution in [1.29, 1.82) is 0 Å². The molecule has 1 saturated heterocycles. The highest BCUT2D eigenvalue weighted by atomic mass is 16.5. The van der Waals surface area contributed by atoms with Gasteiger partial charge in [-0.05, 0) is 50.7 Å². The first-order valence-electron chi connectivity index (χ1n) is 13.6. The van der Waals surface area contributed by atoms with Crippen LogP contribution in [-0.2, 0) is 0 Å². The topological polar surface area (TPSA) is 101 Å². The van der Waals surface area contributed by atoms with Crippen LogP contribution in [0.4, 0.5) is 28.6 Å². The van der Waals surface area contributed by atoms with E-state index in [2.05, 4.69) is 15.2 Å². The van der Waals surface area contributed by atoms with Gasteiger partial charge in [-0.25, -0.2) is 4.98 Å². The standard InChI is InChI=1S/C30H36N6O4/c1-5-40-27-16-20(29(38)36-13-12-21(19-36)33(2)14-15-37)10-11-23(27)32-28-17-25-26(18-31-28)35(4)30(39)22-8-6-7-9-24(22)34(25)3/h6-11,16-18,21,37H,5,12-15,19H2,1-4H3,(H,31,32)/t21-/m1/s1. The first-order valence-corrected chi connectivity index (χ1v) is 13.6. The maximum Gasteiger partial charge on any atom is 0.260 e. The molecule has 0 bridgehead atoms. The Morgan fingerprint density at radius 2 is 1.93 bits per heavy atom. The van der Waals surface area contributed by atoms with Gasteiger partial charge in [-0.3, -0.25) is 14.5 Å². The number of fused-ring (bicyclic) bond motifs is 2. The second-order valence-electron chi connectivity index (χ2n) is 10.2. The fourth-order valence-corrected chi connectivity index (χ4v) is 5.38. The molecule has 40 heavy (non-hydrogen) atoms. The molecule has 1 fully saturated rings. The van der Waals surface area contributed by atoms with Crippen LogP contribution in [0, 0.1) is 0 Å². The quantitative estimate of drug-likeness (QED) is 0.443. The molecule has 1 aromatic heterocycles. The Hall–Kier alpha value is -4.15. The number of pyridine rings is 1. The molecule has 10 heteroatoms. The number of anilines is 5. The van der Waals surface area contributed by atoms with Crippen LogP contribution in [0.15, 0.2) is 54.7 Å². The second-order valence-corrected chi connectivity index (χ2v) is 10.2. The molecular weight excluding hydrogens is 508 g/mol. The number of likely N-dealkylation sites (N-methyl/N-ethyl adjacent to an activating group) is 1. The molecule has 2 amide bonds. The molecule has 0 spiro atoms. The van der Waals surface area contributed by atoms with E-state index in [0.717, 1.165) is 17.8 Å². The van der Waals surface area contributed by atoms with Gasteiger partial charge in [-0.15, -0.1) is 0 Å². The van der Waals surface area contributed by atoms with E-state index >= 15 is 0 Å². The minimum Gasteiger partial charge on any atom is -0.492 e. The molecule has 210 valence electrons. The number of amides is 2. The van der Waals surface area contributed by atoms with Gasteiger partial charge in [0, 0.05) is 51.4 Å². The van der Waals surface area contributed by atoms with Crippen molar-refractivity contribution in [2.75, 3.05) is 69.1 Å². The van der Waals surface area contributed by atoms with Crippen LogP contribution in [0.3, 0.4) is 0 Å². The van der Waals surface area contributed by atoms with Crippen LogP contribution in [0.5, 0.6) is 5.75 Å². The van der Waals surface area contributed by atoms with Gasteiger partial charge in [0.05, 0.1) is 47.7 Å². The number of nitrogens with zero attached hydrogens (tertiary/aromatic N) is 5. The zero-order chi connectivity index (χ0) is 28.4. The Kier molecular flexibility index (Phi) is 7.90. The highest BCUT2D eigenvalue weighted by Gasteiger charge is 2.30. The monoisotopic (exact) mass is 544 g/mol. The Bertz CT molecular complexity index is 1410. The summed E-state index contributed by atoms with van der Waals surface area (Å²) in [6, 6.07) is 15.1. The molecule has 0 unspecified atom stereocenters. The lowest BCUT2D eigenvalue weighted by Crippen LogP contribution is -2.37. The Labute approximate surface area is 234 Å². The number of aliphatic hydroxyl groups is 1. The molecule has 2 aromatic carbocycles. The predicted molar refractivity (Wildman–Crippen MR) is 156 cm³/mol. The summed E-state index contributed by atoms with van der Waals surface area (Å²) >= 11 is 0. The van der Waals surface area contributed by atoms with Crippen molar-refractivity contribution in [1.82, 2.24) is 14.8 Å². The molecule has 2 aliphatic rings. The predicted octanol–water partition coefficient (Wildman–Crippen LogP) is 3.72. The number of para-hydroxylation sites is 1. The highest BCUT2D eigenvalue weighted by molar-refractivity contribution is 6.13. The third kappa shape index (κ3) is 5.20. The Morgan fingerprint density at radius 3 is 2.70 bits per heavy atom. The second kappa shape index (κ2) is 11.5. The minimum atomic E-state index is -0.0908. The average molecular weight is 545 g/mol. The van der Waals surface area contributed by atoms with Crippen molar-refractivity contribution in [3.8, 4) is 5.75 Å². The van der Waals surface area contributed by atoms with Crippen molar-refractivity contribution in [2.24, 2.45) is 0 Å². The van der Waals surface area contributed by atoms with Crippen LogP contribution in [0.25, 0.3) is 0 Å². The first kappa shape index (κ1) is 27.4. The van der Waals surface area contributed by atoms with Gasteiger partial charge in [0.2, 0.25) is 0 Å². The van der Waals surface area contributed by atoms with Crippen molar-refractivity contribution in [3.05, 3.63) is 65.9 Å². The fourth-order valence-electron chi connectivity index (χ4n) is 5.38. The van der Waals surface area contributed by atoms with Crippen LogP contribution < -0.4 is 19.9 Å². The largest absolute Gasteiger partial charge is 0.492 e. The van der Waals surface area contributed by atoms with Crippen molar-refractivity contribution < 1.29 is 19.4 Å². The average Bonchev–Trinajstić information content (AvgIpc) is 3.45. The van der Waals surface area contributed by atoms with E-state index in [-0.39, 0.29) is 24.5 Å². The number of carbonyl (C=O) groups excluding carboxylic acids is 2. The number of aromatic nitrogens is 1. The normalized spacial score (nSPS) is 16.6. The summed E-state index contributed by atoms with van der Waals surface area (Å²) in [5.74, 6) is 1.01. The molecule has 0 aliphatic carbocycles. The van der Waals surface area contributed by atoms with Gasteiger partial charge in [-0.1, -0.05) is 12.1 Å². The smallest absolute Gasteiger partial charge is 0.260 e. The zero-order valence-electron chi connectivity index (χ0n) is 23.4. The van der Waals surface area contributed by atoms with Crippen molar-refractivity contribution in [3.63, 3.8) is 0 Å². The Morgan fingerprint density at radius 1 is 1.12 bits per heavy atom. The van der Waals surface area contributed by atoms with E-state index in [9.17, 15) is 14.7 Å². The number of likely N-dealkylation sites (tertiary alicyclic amines) is 1. The van der Waals surface area contributed by atoms with Crippen molar-refractivity contribution in [2.45, 2.75) is 19.4 Å². The number of carbonyl (C=O) groups is 2. The highest BCUT2D eigenvalue weighted by Crippen LogP contribution is 2.40. The van der Waals surface area contributed by atoms with E-state index in [1.807, 2.05) is 67.2 Å². The van der Waals surface area contributed by atoms with E-state index in [1.54, 1.807) is 30.3 Å². The number of hydrogen-bond donors (Lipinski definition) is 2. The van der Waals surface area contributed by atoms with Crippen LogP contribution >= 0.6 is 0 Å². The molecule has 3 aromatic rings. The van der Waals surface area contributed by atoms with Crippen molar-refractivity contribution >= 4 is 40.4 Å². The van der Waals surface area contributed by atoms with Crippen LogP contribution in [-0.4, -0.2) is 91.7 Å². The lowest BCUT2D eigenvalue weighted by atomic mass is 10.1. The summed E-state index contributed by atoms with van der Waals surface area (Å²) in [5, 5.41) is 12.6. The molecule has 2 aliphatic heterocycles. The number of aliphatic hydroxyl groups excluding tert-OH is 1. The molecule has 0 saturated carbocycles. The molecular formula is C30H36N6O4. The maximum absolute atomic E-state index is 13.3. The van der Waals surface area contributed by atoms with Crippen LogP contribution in [0.2, 0.25) is 0 Å². The molecule has 3 heterocycles. The number of rotatable bonds is 8. The maximum atomic E-state index is 13.3. The third-order valence-electron chi connectivity index (χ3n) is 7.70. The third-order valence-corrected chi connectivity index (χ3v) is 7.70. The van der Waals surface area contributed by atoms with Gasteiger partial charge >= 0.3 is 0 Å².